The first-order valence-electron chi connectivity index (χ1n) is 18.2. The molecule has 0 radical (unpaired) electrons. The number of allylic oxidation sites excluding steroid dienone is 20. The standard InChI is InChI=1S/C43H64O5/c1-3-5-7-9-11-13-15-17-18-19-20-21-22-23-24-26-28-30-32-34-36-38-43(46)48-41(39-44)40-47-42(45)37-35-33-31-29-27-25-16-14-12-10-8-6-4-2/h6,8,10-14,16-18,20-21,23-25,27-31,41,44H,3-5,7,9,15,19,22,26,32-40H2,1-2H3/b8-6+,12-10+,13-11+,16-14+,18-17+,21-20+,24-23+,27-25+,30-28+,31-29+. The van der Waals surface area contributed by atoms with Crippen molar-refractivity contribution in [2.24, 2.45) is 0 Å². The van der Waals surface area contributed by atoms with Gasteiger partial charge in [0.15, 0.2) is 6.10 Å². The second-order valence-corrected chi connectivity index (χ2v) is 11.3. The van der Waals surface area contributed by atoms with Crippen molar-refractivity contribution in [1.82, 2.24) is 0 Å². The third-order valence-corrected chi connectivity index (χ3v) is 6.87. The minimum Gasteiger partial charge on any atom is -0.462 e. The van der Waals surface area contributed by atoms with Crippen LogP contribution in [0.3, 0.4) is 0 Å². The molecule has 0 aliphatic heterocycles. The van der Waals surface area contributed by atoms with Crippen LogP contribution < -0.4 is 0 Å². The van der Waals surface area contributed by atoms with Crippen LogP contribution in [0.15, 0.2) is 122 Å². The molecule has 1 N–H and O–H groups in total. The maximum atomic E-state index is 12.1. The lowest BCUT2D eigenvalue weighted by molar-refractivity contribution is -0.161. The van der Waals surface area contributed by atoms with Crippen LogP contribution in [0.5, 0.6) is 0 Å². The molecule has 0 amide bonds. The van der Waals surface area contributed by atoms with Crippen LogP contribution >= 0.6 is 0 Å². The van der Waals surface area contributed by atoms with Gasteiger partial charge in [0.25, 0.3) is 0 Å². The summed E-state index contributed by atoms with van der Waals surface area (Å²) in [6.07, 6.45) is 55.5. The van der Waals surface area contributed by atoms with Crippen molar-refractivity contribution in [3.05, 3.63) is 122 Å². The molecule has 1 atom stereocenters. The van der Waals surface area contributed by atoms with Crippen molar-refractivity contribution < 1.29 is 24.2 Å². The molecule has 0 bridgehead atoms. The van der Waals surface area contributed by atoms with E-state index in [1.165, 1.54) is 25.7 Å². The summed E-state index contributed by atoms with van der Waals surface area (Å²) in [4.78, 5) is 24.1. The van der Waals surface area contributed by atoms with Gasteiger partial charge in [-0.15, -0.1) is 0 Å². The fraction of sp³-hybridized carbons (Fsp3) is 0.488. The van der Waals surface area contributed by atoms with E-state index >= 15 is 0 Å². The van der Waals surface area contributed by atoms with Gasteiger partial charge in [0.1, 0.15) is 6.61 Å². The van der Waals surface area contributed by atoms with Crippen LogP contribution in [-0.4, -0.2) is 36.4 Å². The van der Waals surface area contributed by atoms with Crippen molar-refractivity contribution in [2.45, 2.75) is 123 Å². The maximum absolute atomic E-state index is 12.1. The predicted octanol–water partition coefficient (Wildman–Crippen LogP) is 11.3. The summed E-state index contributed by atoms with van der Waals surface area (Å²) in [6, 6.07) is 0. The molecular weight excluding hydrogens is 596 g/mol. The third kappa shape index (κ3) is 35.2. The number of hydrogen-bond acceptors (Lipinski definition) is 5. The molecule has 0 heterocycles. The van der Waals surface area contributed by atoms with Gasteiger partial charge >= 0.3 is 11.9 Å². The molecule has 48 heavy (non-hydrogen) atoms. The summed E-state index contributed by atoms with van der Waals surface area (Å²) >= 11 is 0. The molecule has 266 valence electrons. The van der Waals surface area contributed by atoms with Gasteiger partial charge in [-0.05, 0) is 77.0 Å². The highest BCUT2D eigenvalue weighted by molar-refractivity contribution is 5.70. The minimum atomic E-state index is -0.831. The fourth-order valence-corrected chi connectivity index (χ4v) is 4.13. The van der Waals surface area contributed by atoms with E-state index in [2.05, 4.69) is 80.7 Å². The number of unbranched alkanes of at least 4 members (excludes halogenated alkanes) is 6. The lowest BCUT2D eigenvalue weighted by Gasteiger charge is -2.15. The highest BCUT2D eigenvalue weighted by Gasteiger charge is 2.15. The Bertz CT molecular complexity index is 1060. The van der Waals surface area contributed by atoms with Crippen molar-refractivity contribution >= 4 is 11.9 Å². The van der Waals surface area contributed by atoms with E-state index in [4.69, 9.17) is 9.47 Å². The SMILES string of the molecule is CC/C=C/C=C/C=C/C=C/C=C/CCCC(=O)OCC(CO)OC(=O)CCCC/C=C/C/C=C/C/C=C/C/C=C/C/C=C/CCCCC. The summed E-state index contributed by atoms with van der Waals surface area (Å²) in [7, 11) is 0. The van der Waals surface area contributed by atoms with Crippen LogP contribution in [0.25, 0.3) is 0 Å². The van der Waals surface area contributed by atoms with Crippen LogP contribution in [0.1, 0.15) is 117 Å². The van der Waals surface area contributed by atoms with Crippen molar-refractivity contribution in [1.29, 1.82) is 0 Å². The van der Waals surface area contributed by atoms with Crippen LogP contribution in [0, 0.1) is 0 Å². The van der Waals surface area contributed by atoms with E-state index < -0.39 is 6.10 Å². The zero-order valence-electron chi connectivity index (χ0n) is 29.9. The third-order valence-electron chi connectivity index (χ3n) is 6.87. The van der Waals surface area contributed by atoms with Gasteiger partial charge in [0.05, 0.1) is 6.61 Å². The van der Waals surface area contributed by atoms with Crippen molar-refractivity contribution in [2.75, 3.05) is 13.2 Å². The molecule has 0 spiro atoms. The number of aliphatic hydroxyl groups excluding tert-OH is 1. The maximum Gasteiger partial charge on any atom is 0.306 e. The quantitative estimate of drug-likeness (QED) is 0.0359. The summed E-state index contributed by atoms with van der Waals surface area (Å²) < 4.78 is 10.5. The summed E-state index contributed by atoms with van der Waals surface area (Å²) in [6.45, 7) is 3.82. The Morgan fingerprint density at radius 1 is 0.521 bits per heavy atom. The molecule has 0 saturated carbocycles. The number of hydrogen-bond donors (Lipinski definition) is 1. The van der Waals surface area contributed by atoms with E-state index in [1.54, 1.807) is 0 Å². The first-order valence-corrected chi connectivity index (χ1v) is 18.2. The van der Waals surface area contributed by atoms with Crippen LogP contribution in [0.2, 0.25) is 0 Å². The molecule has 5 nitrogen and oxygen atoms in total. The molecule has 0 aromatic carbocycles. The monoisotopic (exact) mass is 660 g/mol. The molecule has 0 aliphatic carbocycles. The van der Waals surface area contributed by atoms with Crippen molar-refractivity contribution in [3.8, 4) is 0 Å². The van der Waals surface area contributed by atoms with E-state index in [9.17, 15) is 14.7 Å². The average Bonchev–Trinajstić information content (AvgIpc) is 3.09. The number of rotatable bonds is 30. The predicted molar refractivity (Wildman–Crippen MR) is 205 cm³/mol. The number of aliphatic hydroxyl groups is 1. The zero-order valence-corrected chi connectivity index (χ0v) is 29.9. The van der Waals surface area contributed by atoms with Gasteiger partial charge in [-0.3, -0.25) is 9.59 Å². The van der Waals surface area contributed by atoms with Crippen LogP contribution in [-0.2, 0) is 19.1 Å². The Balaban J connectivity index is 3.83. The topological polar surface area (TPSA) is 72.8 Å². The Morgan fingerprint density at radius 3 is 1.50 bits per heavy atom. The molecule has 0 rings (SSSR count). The van der Waals surface area contributed by atoms with Gasteiger partial charge in [0.2, 0.25) is 0 Å². The van der Waals surface area contributed by atoms with Gasteiger partial charge in [-0.1, -0.05) is 148 Å². The van der Waals surface area contributed by atoms with E-state index in [0.717, 1.165) is 51.4 Å². The first kappa shape index (κ1) is 44.3. The zero-order chi connectivity index (χ0) is 35.0. The van der Waals surface area contributed by atoms with Gasteiger partial charge in [-0.2, -0.15) is 0 Å². The molecule has 0 aliphatic rings. The second kappa shape index (κ2) is 37.8. The van der Waals surface area contributed by atoms with E-state index in [-0.39, 0.29) is 38.0 Å². The summed E-state index contributed by atoms with van der Waals surface area (Å²) in [5, 5.41) is 9.51. The molecule has 1 unspecified atom stereocenters. The summed E-state index contributed by atoms with van der Waals surface area (Å²) in [5.74, 6) is -0.745. The highest BCUT2D eigenvalue weighted by atomic mass is 16.6. The molecule has 5 heteroatoms. The van der Waals surface area contributed by atoms with Gasteiger partial charge < -0.3 is 14.6 Å². The molecule has 0 fully saturated rings. The largest absolute Gasteiger partial charge is 0.462 e. The average molecular weight is 661 g/mol. The molecule has 0 aromatic rings. The fourth-order valence-electron chi connectivity index (χ4n) is 4.13. The number of ether oxygens (including phenoxy) is 2. The Hall–Kier alpha value is -3.70. The minimum absolute atomic E-state index is 0.130. The number of esters is 2. The van der Waals surface area contributed by atoms with Gasteiger partial charge in [0, 0.05) is 12.8 Å². The van der Waals surface area contributed by atoms with Gasteiger partial charge in [-0.25, -0.2) is 0 Å². The Kier molecular flexibility index (Phi) is 34.8. The summed E-state index contributed by atoms with van der Waals surface area (Å²) in [5.41, 5.74) is 0. The Morgan fingerprint density at radius 2 is 0.979 bits per heavy atom. The molecular formula is C43H64O5. The second-order valence-electron chi connectivity index (χ2n) is 11.3. The lowest BCUT2D eigenvalue weighted by Crippen LogP contribution is -2.28. The van der Waals surface area contributed by atoms with Crippen LogP contribution in [0.4, 0.5) is 0 Å². The molecule has 0 aromatic heterocycles. The normalized spacial score (nSPS) is 13.6. The molecule has 0 saturated heterocycles. The number of carbonyl (C=O) groups is 2. The highest BCUT2D eigenvalue weighted by Crippen LogP contribution is 2.07. The smallest absolute Gasteiger partial charge is 0.306 e. The Labute approximate surface area is 293 Å². The number of carbonyl (C=O) groups excluding carboxylic acids is 2. The lowest BCUT2D eigenvalue weighted by atomic mass is 10.2. The van der Waals surface area contributed by atoms with E-state index in [1.807, 2.05) is 54.7 Å². The first-order chi connectivity index (χ1) is 23.6. The van der Waals surface area contributed by atoms with Crippen molar-refractivity contribution in [3.63, 3.8) is 0 Å². The van der Waals surface area contributed by atoms with E-state index in [0.29, 0.717) is 12.8 Å².